The Bertz CT molecular complexity index is 942. The maximum atomic E-state index is 12.8. The number of aromatic amines is 1. The van der Waals surface area contributed by atoms with Crippen LogP contribution in [0.25, 0.3) is 10.9 Å². The molecule has 4 nitrogen and oxygen atoms in total. The Labute approximate surface area is 157 Å². The van der Waals surface area contributed by atoms with Gasteiger partial charge in [-0.25, -0.2) is 0 Å². The van der Waals surface area contributed by atoms with Crippen molar-refractivity contribution in [3.8, 4) is 5.75 Å². The van der Waals surface area contributed by atoms with Crippen molar-refractivity contribution in [2.45, 2.75) is 18.8 Å². The van der Waals surface area contributed by atoms with E-state index in [1.807, 2.05) is 35.2 Å². The lowest BCUT2D eigenvalue weighted by Gasteiger charge is -2.32. The molecule has 1 aliphatic rings. The lowest BCUT2D eigenvalue weighted by Crippen LogP contribution is -2.37. The molecule has 0 saturated carbocycles. The number of carbonyl (C=O) groups is 1. The Morgan fingerprint density at radius 3 is 2.77 bits per heavy atom. The quantitative estimate of drug-likeness (QED) is 0.718. The highest BCUT2D eigenvalue weighted by atomic mass is 35.5. The number of aromatic nitrogens is 1. The van der Waals surface area contributed by atoms with Gasteiger partial charge in [0.1, 0.15) is 5.75 Å². The van der Waals surface area contributed by atoms with Crippen LogP contribution < -0.4 is 4.74 Å². The number of fused-ring (bicyclic) bond motifs is 1. The van der Waals surface area contributed by atoms with Gasteiger partial charge in [0, 0.05) is 40.8 Å². The number of halogens is 1. The van der Waals surface area contributed by atoms with Crippen molar-refractivity contribution in [3.63, 3.8) is 0 Å². The van der Waals surface area contributed by atoms with Gasteiger partial charge in [-0.3, -0.25) is 4.79 Å². The van der Waals surface area contributed by atoms with Gasteiger partial charge >= 0.3 is 0 Å². The maximum absolute atomic E-state index is 12.8. The van der Waals surface area contributed by atoms with Crippen LogP contribution in [0.2, 0.25) is 5.02 Å². The van der Waals surface area contributed by atoms with Gasteiger partial charge in [-0.15, -0.1) is 0 Å². The number of nitrogens with one attached hydrogen (secondary N) is 1. The second kappa shape index (κ2) is 7.04. The molecule has 5 heteroatoms. The van der Waals surface area contributed by atoms with Crippen LogP contribution in [0.3, 0.4) is 0 Å². The second-order valence-corrected chi connectivity index (χ2v) is 7.17. The third-order valence-corrected chi connectivity index (χ3v) is 5.45. The summed E-state index contributed by atoms with van der Waals surface area (Å²) < 4.78 is 5.22. The van der Waals surface area contributed by atoms with E-state index in [0.29, 0.717) is 17.2 Å². The molecule has 0 atom stereocenters. The van der Waals surface area contributed by atoms with E-state index in [1.54, 1.807) is 13.2 Å². The van der Waals surface area contributed by atoms with Crippen LogP contribution in [-0.4, -0.2) is 36.0 Å². The predicted molar refractivity (Wildman–Crippen MR) is 104 cm³/mol. The van der Waals surface area contributed by atoms with Gasteiger partial charge in [-0.2, -0.15) is 0 Å². The SMILES string of the molecule is COc1cccc(C(=O)N2CCC(c3c[nH]c4cc(Cl)ccc34)CC2)c1. The largest absolute Gasteiger partial charge is 0.497 e. The van der Waals surface area contributed by atoms with Crippen molar-refractivity contribution in [2.24, 2.45) is 0 Å². The molecule has 4 rings (SSSR count). The van der Waals surface area contributed by atoms with E-state index in [0.717, 1.165) is 36.5 Å². The molecule has 0 bridgehead atoms. The normalized spacial score (nSPS) is 15.4. The van der Waals surface area contributed by atoms with E-state index in [1.165, 1.54) is 10.9 Å². The number of carbonyl (C=O) groups excluding carboxylic acids is 1. The van der Waals surface area contributed by atoms with Gasteiger partial charge < -0.3 is 14.6 Å². The molecule has 1 aromatic heterocycles. The first kappa shape index (κ1) is 17.0. The number of H-pyrrole nitrogens is 1. The number of ether oxygens (including phenoxy) is 1. The van der Waals surface area contributed by atoms with Gasteiger partial charge in [0.05, 0.1) is 7.11 Å². The number of rotatable bonds is 3. The van der Waals surface area contributed by atoms with Crippen molar-refractivity contribution in [3.05, 3.63) is 64.8 Å². The van der Waals surface area contributed by atoms with Gasteiger partial charge in [0.25, 0.3) is 5.91 Å². The van der Waals surface area contributed by atoms with Crippen LogP contribution in [0.5, 0.6) is 5.75 Å². The third kappa shape index (κ3) is 3.17. The summed E-state index contributed by atoms with van der Waals surface area (Å²) >= 11 is 6.07. The predicted octanol–water partition coefficient (Wildman–Crippen LogP) is 4.85. The zero-order valence-electron chi connectivity index (χ0n) is 14.7. The Morgan fingerprint density at radius 2 is 2.00 bits per heavy atom. The molecule has 0 unspecified atom stereocenters. The molecule has 1 aliphatic heterocycles. The Balaban J connectivity index is 1.47. The molecular weight excluding hydrogens is 348 g/mol. The van der Waals surface area contributed by atoms with Gasteiger partial charge in [-0.05, 0) is 54.7 Å². The first-order valence-corrected chi connectivity index (χ1v) is 9.23. The zero-order chi connectivity index (χ0) is 18.1. The number of benzene rings is 2. The fourth-order valence-corrected chi connectivity index (χ4v) is 3.96. The highest BCUT2D eigenvalue weighted by Crippen LogP contribution is 2.34. The molecule has 1 saturated heterocycles. The molecule has 1 amide bonds. The molecule has 0 spiro atoms. The summed E-state index contributed by atoms with van der Waals surface area (Å²) in [5.74, 6) is 1.25. The standard InChI is InChI=1S/C21H21ClN2O2/c1-26-17-4-2-3-15(11-17)21(25)24-9-7-14(8-10-24)19-13-23-20-12-16(22)5-6-18(19)20/h2-6,11-14,23H,7-10H2,1H3. The summed E-state index contributed by atoms with van der Waals surface area (Å²) in [6.45, 7) is 1.53. The minimum Gasteiger partial charge on any atom is -0.497 e. The molecule has 1 N–H and O–H groups in total. The van der Waals surface area contributed by atoms with Crippen LogP contribution in [-0.2, 0) is 0 Å². The summed E-state index contributed by atoms with van der Waals surface area (Å²) in [5.41, 5.74) is 3.08. The molecule has 2 aromatic carbocycles. The number of likely N-dealkylation sites (tertiary alicyclic amines) is 1. The fraction of sp³-hybridized carbons (Fsp3) is 0.286. The van der Waals surface area contributed by atoms with Crippen LogP contribution in [0, 0.1) is 0 Å². The lowest BCUT2D eigenvalue weighted by molar-refractivity contribution is 0.0713. The number of nitrogens with zero attached hydrogens (tertiary/aromatic N) is 1. The molecular formula is C21H21ClN2O2. The molecule has 2 heterocycles. The van der Waals surface area contributed by atoms with E-state index in [9.17, 15) is 4.79 Å². The maximum Gasteiger partial charge on any atom is 0.253 e. The number of amides is 1. The topological polar surface area (TPSA) is 45.3 Å². The Hall–Kier alpha value is -2.46. The number of piperidine rings is 1. The Kier molecular flexibility index (Phi) is 4.60. The second-order valence-electron chi connectivity index (χ2n) is 6.73. The zero-order valence-corrected chi connectivity index (χ0v) is 15.4. The first-order chi connectivity index (χ1) is 12.7. The fourth-order valence-electron chi connectivity index (χ4n) is 3.79. The van der Waals surface area contributed by atoms with Crippen LogP contribution in [0.4, 0.5) is 0 Å². The molecule has 0 aliphatic carbocycles. The highest BCUT2D eigenvalue weighted by molar-refractivity contribution is 6.31. The van der Waals surface area contributed by atoms with Crippen LogP contribution >= 0.6 is 11.6 Å². The van der Waals surface area contributed by atoms with E-state index in [4.69, 9.17) is 16.3 Å². The summed E-state index contributed by atoms with van der Waals surface area (Å²) in [7, 11) is 1.61. The van der Waals surface area contributed by atoms with E-state index in [2.05, 4.69) is 17.2 Å². The van der Waals surface area contributed by atoms with Gasteiger partial charge in [0.2, 0.25) is 0 Å². The van der Waals surface area contributed by atoms with Crippen molar-refractivity contribution >= 4 is 28.4 Å². The van der Waals surface area contributed by atoms with Gasteiger partial charge in [0.15, 0.2) is 0 Å². The molecule has 3 aromatic rings. The third-order valence-electron chi connectivity index (χ3n) is 5.21. The summed E-state index contributed by atoms with van der Waals surface area (Å²) in [6, 6.07) is 13.3. The van der Waals surface area contributed by atoms with Crippen molar-refractivity contribution < 1.29 is 9.53 Å². The Morgan fingerprint density at radius 1 is 1.19 bits per heavy atom. The lowest BCUT2D eigenvalue weighted by atomic mass is 9.89. The van der Waals surface area contributed by atoms with Crippen molar-refractivity contribution in [1.82, 2.24) is 9.88 Å². The number of hydrogen-bond donors (Lipinski definition) is 1. The van der Waals surface area contributed by atoms with Crippen molar-refractivity contribution in [2.75, 3.05) is 20.2 Å². The molecule has 134 valence electrons. The first-order valence-electron chi connectivity index (χ1n) is 8.85. The van der Waals surface area contributed by atoms with Crippen molar-refractivity contribution in [1.29, 1.82) is 0 Å². The molecule has 1 fully saturated rings. The van der Waals surface area contributed by atoms with Crippen LogP contribution in [0.15, 0.2) is 48.7 Å². The minimum absolute atomic E-state index is 0.0769. The average molecular weight is 369 g/mol. The van der Waals surface area contributed by atoms with E-state index in [-0.39, 0.29) is 5.91 Å². The van der Waals surface area contributed by atoms with Crippen LogP contribution in [0.1, 0.15) is 34.7 Å². The summed E-state index contributed by atoms with van der Waals surface area (Å²) in [6.07, 6.45) is 4.02. The average Bonchev–Trinajstić information content (AvgIpc) is 3.10. The smallest absolute Gasteiger partial charge is 0.253 e. The summed E-state index contributed by atoms with van der Waals surface area (Å²) in [4.78, 5) is 18.0. The van der Waals surface area contributed by atoms with E-state index < -0.39 is 0 Å². The molecule has 26 heavy (non-hydrogen) atoms. The van der Waals surface area contributed by atoms with E-state index >= 15 is 0 Å². The summed E-state index contributed by atoms with van der Waals surface area (Å²) in [5, 5.41) is 1.97. The van der Waals surface area contributed by atoms with Gasteiger partial charge in [-0.1, -0.05) is 23.7 Å². The number of methoxy groups -OCH3 is 1. The molecule has 0 radical (unpaired) electrons. The highest BCUT2D eigenvalue weighted by Gasteiger charge is 2.26. The monoisotopic (exact) mass is 368 g/mol. The minimum atomic E-state index is 0.0769. The number of hydrogen-bond acceptors (Lipinski definition) is 2.